The van der Waals surface area contributed by atoms with Gasteiger partial charge >= 0.3 is 5.97 Å². The van der Waals surface area contributed by atoms with Crippen LogP contribution in [0.5, 0.6) is 0 Å². The van der Waals surface area contributed by atoms with E-state index >= 15 is 0 Å². The second kappa shape index (κ2) is 4.00. The van der Waals surface area contributed by atoms with Gasteiger partial charge in [-0.05, 0) is 0 Å². The third-order valence-corrected chi connectivity index (χ3v) is 2.27. The van der Waals surface area contributed by atoms with Crippen LogP contribution in [0.3, 0.4) is 0 Å². The lowest BCUT2D eigenvalue weighted by atomic mass is 9.93. The van der Waals surface area contributed by atoms with Crippen LogP contribution in [0.25, 0.3) is 0 Å². The molecule has 0 unspecified atom stereocenters. The van der Waals surface area contributed by atoms with Gasteiger partial charge in [0.25, 0.3) is 5.79 Å². The van der Waals surface area contributed by atoms with E-state index in [1.807, 2.05) is 0 Å². The molecule has 0 radical (unpaired) electrons. The van der Waals surface area contributed by atoms with E-state index in [-0.39, 0.29) is 0 Å². The molecule has 1 aliphatic rings. The van der Waals surface area contributed by atoms with Crippen molar-refractivity contribution in [3.05, 3.63) is 0 Å². The number of ether oxygens (including phenoxy) is 1. The van der Waals surface area contributed by atoms with E-state index in [4.69, 9.17) is 10.2 Å². The summed E-state index contributed by atoms with van der Waals surface area (Å²) >= 11 is 0. The molecule has 8 nitrogen and oxygen atoms in total. The summed E-state index contributed by atoms with van der Waals surface area (Å²) < 4.78 is 4.43. The summed E-state index contributed by atoms with van der Waals surface area (Å²) in [5, 5.41) is 54.3. The number of hydrogen-bond donors (Lipinski definition) is 6. The minimum Gasteiger partial charge on any atom is -0.477 e. The van der Waals surface area contributed by atoms with Crippen LogP contribution >= 0.6 is 0 Å². The van der Waals surface area contributed by atoms with Gasteiger partial charge in [0.1, 0.15) is 24.4 Å². The van der Waals surface area contributed by atoms with Gasteiger partial charge in [-0.25, -0.2) is 4.79 Å². The Labute approximate surface area is 84.0 Å². The van der Waals surface area contributed by atoms with Crippen molar-refractivity contribution in [3.8, 4) is 0 Å². The van der Waals surface area contributed by atoms with Crippen molar-refractivity contribution >= 4 is 5.97 Å². The van der Waals surface area contributed by atoms with E-state index in [0.717, 1.165) is 0 Å². The zero-order valence-corrected chi connectivity index (χ0v) is 7.52. The number of rotatable bonds is 2. The molecule has 0 aromatic carbocycles. The summed E-state index contributed by atoms with van der Waals surface area (Å²) in [4.78, 5) is 10.6. The van der Waals surface area contributed by atoms with Crippen molar-refractivity contribution in [2.45, 2.75) is 30.2 Å². The van der Waals surface area contributed by atoms with Crippen LogP contribution in [0.1, 0.15) is 0 Å². The lowest BCUT2D eigenvalue weighted by molar-refractivity contribution is -0.337. The summed E-state index contributed by atoms with van der Waals surface area (Å²) in [5.41, 5.74) is 0. The number of carboxylic acid groups (broad SMARTS) is 1. The van der Waals surface area contributed by atoms with E-state index in [9.17, 15) is 25.2 Å². The topological polar surface area (TPSA) is 148 Å². The molecular formula is C7H12O8. The molecule has 5 atom stereocenters. The molecule has 0 saturated carbocycles. The van der Waals surface area contributed by atoms with Crippen LogP contribution in [0.4, 0.5) is 0 Å². The number of aliphatic carboxylic acids is 1. The Morgan fingerprint density at radius 2 is 1.80 bits per heavy atom. The molecule has 0 spiro atoms. The zero-order chi connectivity index (χ0) is 11.8. The molecule has 1 rings (SSSR count). The maximum Gasteiger partial charge on any atom is 0.367 e. The second-order valence-corrected chi connectivity index (χ2v) is 3.27. The molecule has 6 N–H and O–H groups in total. The molecule has 0 aromatic rings. The van der Waals surface area contributed by atoms with Gasteiger partial charge < -0.3 is 35.4 Å². The fourth-order valence-electron chi connectivity index (χ4n) is 1.33. The molecule has 15 heavy (non-hydrogen) atoms. The minimum absolute atomic E-state index is 0.805. The average Bonchev–Trinajstić information content (AvgIpc) is 2.20. The molecule has 0 bridgehead atoms. The lowest BCUT2D eigenvalue weighted by Crippen LogP contribution is -2.68. The van der Waals surface area contributed by atoms with Crippen LogP contribution in [0.2, 0.25) is 0 Å². The van der Waals surface area contributed by atoms with Crippen LogP contribution < -0.4 is 0 Å². The van der Waals surface area contributed by atoms with Gasteiger partial charge in [-0.3, -0.25) is 0 Å². The SMILES string of the molecule is O=C(O)[C@@]1(O)O[C@H](CO)[C@@H](O)[C@H](O)[C@@H]1O. The highest BCUT2D eigenvalue weighted by atomic mass is 16.7. The predicted molar refractivity (Wildman–Crippen MR) is 42.6 cm³/mol. The van der Waals surface area contributed by atoms with Crippen LogP contribution in [0, 0.1) is 0 Å². The molecule has 88 valence electrons. The zero-order valence-electron chi connectivity index (χ0n) is 7.52. The van der Waals surface area contributed by atoms with Crippen LogP contribution in [0.15, 0.2) is 0 Å². The van der Waals surface area contributed by atoms with Crippen LogP contribution in [-0.2, 0) is 9.53 Å². The van der Waals surface area contributed by atoms with Gasteiger partial charge in [-0.15, -0.1) is 0 Å². The Bertz CT molecular complexity index is 253. The maximum atomic E-state index is 10.6. The summed E-state index contributed by atoms with van der Waals surface area (Å²) in [7, 11) is 0. The first-order valence-corrected chi connectivity index (χ1v) is 4.13. The van der Waals surface area contributed by atoms with Crippen molar-refractivity contribution in [1.29, 1.82) is 0 Å². The first kappa shape index (κ1) is 12.3. The second-order valence-electron chi connectivity index (χ2n) is 3.27. The molecule has 1 fully saturated rings. The van der Waals surface area contributed by atoms with Gasteiger partial charge in [-0.2, -0.15) is 0 Å². The largest absolute Gasteiger partial charge is 0.477 e. The van der Waals surface area contributed by atoms with E-state index in [1.54, 1.807) is 0 Å². The molecule has 0 amide bonds. The normalized spacial score (nSPS) is 46.5. The quantitative estimate of drug-likeness (QED) is 0.280. The number of carboxylic acids is 1. The first-order valence-electron chi connectivity index (χ1n) is 4.13. The number of aliphatic hydroxyl groups excluding tert-OH is 4. The molecule has 0 aromatic heterocycles. The van der Waals surface area contributed by atoms with Crippen molar-refractivity contribution in [2.75, 3.05) is 6.61 Å². The van der Waals surface area contributed by atoms with Crippen molar-refractivity contribution in [2.24, 2.45) is 0 Å². The molecule has 8 heteroatoms. The van der Waals surface area contributed by atoms with E-state index in [2.05, 4.69) is 4.74 Å². The number of aliphatic hydroxyl groups is 5. The highest BCUT2D eigenvalue weighted by Crippen LogP contribution is 2.28. The van der Waals surface area contributed by atoms with Gasteiger partial charge in [0.05, 0.1) is 6.61 Å². The molecular weight excluding hydrogens is 212 g/mol. The van der Waals surface area contributed by atoms with Gasteiger partial charge in [-0.1, -0.05) is 0 Å². The van der Waals surface area contributed by atoms with Gasteiger partial charge in [0, 0.05) is 0 Å². The minimum atomic E-state index is -3.04. The highest BCUT2D eigenvalue weighted by molar-refractivity contribution is 5.76. The average molecular weight is 224 g/mol. The molecule has 1 aliphatic heterocycles. The van der Waals surface area contributed by atoms with Gasteiger partial charge in [0.2, 0.25) is 0 Å². The summed E-state index contributed by atoms with van der Waals surface area (Å²) in [6.45, 7) is -0.805. The van der Waals surface area contributed by atoms with Crippen molar-refractivity contribution in [1.82, 2.24) is 0 Å². The Kier molecular flexibility index (Phi) is 3.28. The van der Waals surface area contributed by atoms with Gasteiger partial charge in [0.15, 0.2) is 0 Å². The van der Waals surface area contributed by atoms with Crippen molar-refractivity contribution < 1.29 is 40.2 Å². The summed E-state index contributed by atoms with van der Waals surface area (Å²) in [5.74, 6) is -4.95. The van der Waals surface area contributed by atoms with Crippen molar-refractivity contribution in [3.63, 3.8) is 0 Å². The molecule has 1 heterocycles. The lowest BCUT2D eigenvalue weighted by Gasteiger charge is -2.42. The summed E-state index contributed by atoms with van der Waals surface area (Å²) in [6, 6.07) is 0. The third-order valence-electron chi connectivity index (χ3n) is 2.27. The third kappa shape index (κ3) is 1.83. The highest BCUT2D eigenvalue weighted by Gasteiger charge is 2.57. The fourth-order valence-corrected chi connectivity index (χ4v) is 1.33. The number of carbonyl (C=O) groups is 1. The maximum absolute atomic E-state index is 10.6. The van der Waals surface area contributed by atoms with E-state index in [0.29, 0.717) is 0 Å². The smallest absolute Gasteiger partial charge is 0.367 e. The summed E-state index contributed by atoms with van der Waals surface area (Å²) in [6.07, 6.45) is -7.28. The standard InChI is InChI=1S/C7H12O8/c8-1-2-3(9)4(10)5(11)7(14,15-2)6(12)13/h2-5,8-11,14H,1H2,(H,12,13)/t2-,3-,4+,5+,7+/m1/s1. The monoisotopic (exact) mass is 224 g/mol. The predicted octanol–water partition coefficient (Wildman–Crippen LogP) is -3.77. The Morgan fingerprint density at radius 1 is 1.27 bits per heavy atom. The fraction of sp³-hybridized carbons (Fsp3) is 0.857. The van der Waals surface area contributed by atoms with E-state index in [1.165, 1.54) is 0 Å². The van der Waals surface area contributed by atoms with E-state index < -0.39 is 42.8 Å². The Balaban J connectivity index is 2.97. The Hall–Kier alpha value is -0.770. The number of hydrogen-bond acceptors (Lipinski definition) is 7. The molecule has 0 aliphatic carbocycles. The first-order chi connectivity index (χ1) is 6.84. The molecule has 1 saturated heterocycles. The Morgan fingerprint density at radius 3 is 2.20 bits per heavy atom. The van der Waals surface area contributed by atoms with Crippen LogP contribution in [-0.4, -0.2) is 73.4 Å².